The highest BCUT2D eigenvalue weighted by molar-refractivity contribution is 7.99. The second kappa shape index (κ2) is 16.0. The first-order valence-electron chi connectivity index (χ1n) is 14.1. The van der Waals surface area contributed by atoms with Crippen molar-refractivity contribution in [3.05, 3.63) is 59.7 Å². The number of benzene rings is 2. The average Bonchev–Trinajstić information content (AvgIpc) is 2.92. The van der Waals surface area contributed by atoms with E-state index in [1.165, 1.54) is 0 Å². The van der Waals surface area contributed by atoms with Crippen molar-refractivity contribution in [2.75, 3.05) is 24.7 Å². The molecule has 6 nitrogen and oxygen atoms in total. The van der Waals surface area contributed by atoms with Gasteiger partial charge in [0, 0.05) is 27.7 Å². The van der Waals surface area contributed by atoms with E-state index < -0.39 is 17.4 Å². The molecule has 0 saturated carbocycles. The van der Waals surface area contributed by atoms with Crippen molar-refractivity contribution >= 4 is 35.5 Å². The molecule has 224 valence electrons. The van der Waals surface area contributed by atoms with Crippen LogP contribution in [0.3, 0.4) is 0 Å². The standard InChI is InChI=1S/C33H44O6S2/c1-11-19-36-27-23(15-17-25(29(27)40-13-3)38-31(34)21(5)6)33(9,10)24-16-18-26(39-32(35)22(7)8)30(41-14-4)28(24)37-20-12-2/h15-18H,5,7,11-14,19-20H2,1-4,6,8-10H3. The molecule has 0 amide bonds. The number of carbonyl (C=O) groups is 2. The zero-order valence-corrected chi connectivity index (χ0v) is 27.4. The summed E-state index contributed by atoms with van der Waals surface area (Å²) in [6, 6.07) is 7.56. The van der Waals surface area contributed by atoms with Gasteiger partial charge < -0.3 is 18.9 Å². The Bertz CT molecular complexity index is 1170. The minimum absolute atomic E-state index is 0.323. The molecule has 0 N–H and O–H groups in total. The van der Waals surface area contributed by atoms with Crippen molar-refractivity contribution in [1.82, 2.24) is 0 Å². The maximum atomic E-state index is 12.5. The molecule has 0 fully saturated rings. The average molecular weight is 601 g/mol. The summed E-state index contributed by atoms with van der Waals surface area (Å²) in [5, 5.41) is 0. The summed E-state index contributed by atoms with van der Waals surface area (Å²) >= 11 is 3.13. The number of thioether (sulfide) groups is 2. The molecule has 8 heteroatoms. The summed E-state index contributed by atoms with van der Waals surface area (Å²) < 4.78 is 24.3. The first kappa shape index (κ1) is 34.4. The van der Waals surface area contributed by atoms with Crippen LogP contribution in [0.5, 0.6) is 23.0 Å². The predicted octanol–water partition coefficient (Wildman–Crippen LogP) is 8.78. The Morgan fingerprint density at radius 1 is 0.707 bits per heavy atom. The van der Waals surface area contributed by atoms with Crippen molar-refractivity contribution in [3.8, 4) is 23.0 Å². The van der Waals surface area contributed by atoms with Crippen LogP contribution >= 0.6 is 23.5 Å². The van der Waals surface area contributed by atoms with Crippen molar-refractivity contribution in [1.29, 1.82) is 0 Å². The highest BCUT2D eigenvalue weighted by Crippen LogP contribution is 2.51. The summed E-state index contributed by atoms with van der Waals surface area (Å²) in [7, 11) is 0. The van der Waals surface area contributed by atoms with Gasteiger partial charge in [-0.15, -0.1) is 23.5 Å². The van der Waals surface area contributed by atoms with E-state index in [-0.39, 0.29) is 0 Å². The lowest BCUT2D eigenvalue weighted by atomic mass is 9.77. The van der Waals surface area contributed by atoms with Gasteiger partial charge in [-0.25, -0.2) is 9.59 Å². The van der Waals surface area contributed by atoms with Gasteiger partial charge >= 0.3 is 11.9 Å². The number of hydrogen-bond acceptors (Lipinski definition) is 8. The molecular formula is C33H44O6S2. The van der Waals surface area contributed by atoms with Gasteiger partial charge in [-0.2, -0.15) is 0 Å². The molecule has 0 bridgehead atoms. The van der Waals surface area contributed by atoms with E-state index in [0.29, 0.717) is 47.4 Å². The summed E-state index contributed by atoms with van der Waals surface area (Å²) in [4.78, 5) is 26.5. The summed E-state index contributed by atoms with van der Waals surface area (Å²) in [5.41, 5.74) is 1.90. The molecule has 0 heterocycles. The van der Waals surface area contributed by atoms with Crippen LogP contribution in [0.1, 0.15) is 79.4 Å². The van der Waals surface area contributed by atoms with Gasteiger partial charge in [-0.3, -0.25) is 0 Å². The van der Waals surface area contributed by atoms with E-state index in [2.05, 4.69) is 40.9 Å². The van der Waals surface area contributed by atoms with Gasteiger partial charge in [0.15, 0.2) is 0 Å². The zero-order chi connectivity index (χ0) is 30.7. The summed E-state index contributed by atoms with van der Waals surface area (Å²) in [6.07, 6.45) is 1.63. The fourth-order valence-electron chi connectivity index (χ4n) is 4.01. The molecule has 0 aliphatic heterocycles. The molecule has 0 aliphatic carbocycles. The summed E-state index contributed by atoms with van der Waals surface area (Å²) in [5.74, 6) is 2.81. The topological polar surface area (TPSA) is 71.1 Å². The second-order valence-electron chi connectivity index (χ2n) is 10.1. The minimum Gasteiger partial charge on any atom is -0.492 e. The molecule has 0 atom stereocenters. The predicted molar refractivity (Wildman–Crippen MR) is 170 cm³/mol. The van der Waals surface area contributed by atoms with Crippen LogP contribution in [-0.2, 0) is 15.0 Å². The molecule has 0 unspecified atom stereocenters. The normalized spacial score (nSPS) is 11.1. The highest BCUT2D eigenvalue weighted by Gasteiger charge is 2.35. The Kier molecular flexibility index (Phi) is 13.4. The van der Waals surface area contributed by atoms with Crippen LogP contribution in [0, 0.1) is 0 Å². The Morgan fingerprint density at radius 3 is 1.37 bits per heavy atom. The van der Waals surface area contributed by atoms with E-state index in [1.807, 2.05) is 38.1 Å². The first-order valence-corrected chi connectivity index (χ1v) is 16.0. The molecule has 0 radical (unpaired) electrons. The summed E-state index contributed by atoms with van der Waals surface area (Å²) in [6.45, 7) is 24.2. The van der Waals surface area contributed by atoms with Gasteiger partial charge in [-0.1, -0.05) is 66.8 Å². The number of rotatable bonds is 16. The van der Waals surface area contributed by atoms with Crippen molar-refractivity contribution in [2.45, 2.75) is 83.4 Å². The Labute approximate surface area is 254 Å². The molecule has 2 rings (SSSR count). The van der Waals surface area contributed by atoms with E-state index in [0.717, 1.165) is 45.3 Å². The van der Waals surface area contributed by atoms with Crippen LogP contribution in [0.2, 0.25) is 0 Å². The van der Waals surface area contributed by atoms with Gasteiger partial charge in [0.25, 0.3) is 0 Å². The third-order valence-electron chi connectivity index (χ3n) is 6.08. The lowest BCUT2D eigenvalue weighted by Crippen LogP contribution is -2.23. The SMILES string of the molecule is C=C(C)C(=O)Oc1ccc(C(C)(C)c2ccc(OC(=O)C(=C)C)c(SCC)c2OCCC)c(OCCC)c1SCC. The van der Waals surface area contributed by atoms with Crippen molar-refractivity contribution < 1.29 is 28.5 Å². The van der Waals surface area contributed by atoms with Gasteiger partial charge in [0.05, 0.1) is 23.0 Å². The quantitative estimate of drug-likeness (QED) is 0.0819. The van der Waals surface area contributed by atoms with Crippen molar-refractivity contribution in [2.24, 2.45) is 0 Å². The lowest BCUT2D eigenvalue weighted by molar-refractivity contribution is -0.131. The maximum Gasteiger partial charge on any atom is 0.338 e. The molecule has 2 aromatic rings. The van der Waals surface area contributed by atoms with Gasteiger partial charge in [0.1, 0.15) is 23.0 Å². The molecule has 0 saturated heterocycles. The van der Waals surface area contributed by atoms with Crippen LogP contribution in [0.15, 0.2) is 58.4 Å². The minimum atomic E-state index is -0.605. The Morgan fingerprint density at radius 2 is 1.07 bits per heavy atom. The van der Waals surface area contributed by atoms with Crippen LogP contribution < -0.4 is 18.9 Å². The molecular weight excluding hydrogens is 556 g/mol. The van der Waals surface area contributed by atoms with E-state index in [9.17, 15) is 9.59 Å². The Hall–Kier alpha value is -2.84. The fraction of sp³-hybridized carbons (Fsp3) is 0.455. The molecule has 0 aliphatic rings. The van der Waals surface area contributed by atoms with Gasteiger partial charge in [-0.05, 0) is 50.3 Å². The van der Waals surface area contributed by atoms with Crippen molar-refractivity contribution in [3.63, 3.8) is 0 Å². The molecule has 0 spiro atoms. The van der Waals surface area contributed by atoms with E-state index in [4.69, 9.17) is 18.9 Å². The first-order chi connectivity index (χ1) is 19.4. The smallest absolute Gasteiger partial charge is 0.338 e. The van der Waals surface area contributed by atoms with Crippen LogP contribution in [0.4, 0.5) is 0 Å². The maximum absolute atomic E-state index is 12.5. The zero-order valence-electron chi connectivity index (χ0n) is 25.7. The molecule has 41 heavy (non-hydrogen) atoms. The van der Waals surface area contributed by atoms with E-state index >= 15 is 0 Å². The molecule has 2 aromatic carbocycles. The third kappa shape index (κ3) is 8.58. The number of hydrogen-bond donors (Lipinski definition) is 0. The largest absolute Gasteiger partial charge is 0.492 e. The van der Waals surface area contributed by atoms with E-state index in [1.54, 1.807) is 37.4 Å². The molecule has 0 aromatic heterocycles. The highest BCUT2D eigenvalue weighted by atomic mass is 32.2. The van der Waals surface area contributed by atoms with Crippen LogP contribution in [0.25, 0.3) is 0 Å². The van der Waals surface area contributed by atoms with Gasteiger partial charge in [0.2, 0.25) is 0 Å². The lowest BCUT2D eigenvalue weighted by Gasteiger charge is -2.32. The second-order valence-corrected chi connectivity index (χ2v) is 12.6. The number of ether oxygens (including phenoxy) is 4. The Balaban J connectivity index is 2.86. The number of carbonyl (C=O) groups excluding carboxylic acids is 2. The number of esters is 2. The monoisotopic (exact) mass is 600 g/mol. The van der Waals surface area contributed by atoms with Crippen LogP contribution in [-0.4, -0.2) is 36.7 Å². The third-order valence-corrected chi connectivity index (χ3v) is 8.01. The fourth-order valence-corrected chi connectivity index (χ4v) is 5.69.